The summed E-state index contributed by atoms with van der Waals surface area (Å²) in [5.74, 6) is 0.897. The molecule has 4 rings (SSSR count). The first-order valence-electron chi connectivity index (χ1n) is 8.66. The maximum Gasteiger partial charge on any atom is 0.196 e. The third-order valence-corrected chi connectivity index (χ3v) is 6.02. The number of pyridine rings is 1. The minimum atomic E-state index is 0.0102. The molecule has 0 aliphatic heterocycles. The average molecular weight is 486 g/mol. The molecule has 8 heteroatoms. The zero-order valence-corrected chi connectivity index (χ0v) is 18.2. The summed E-state index contributed by atoms with van der Waals surface area (Å²) in [5.41, 5.74) is 2.33. The highest BCUT2D eigenvalue weighted by Crippen LogP contribution is 2.29. The van der Waals surface area contributed by atoms with Crippen LogP contribution in [0.5, 0.6) is 0 Å². The Morgan fingerprint density at radius 3 is 2.55 bits per heavy atom. The number of rotatable bonds is 6. The Balaban J connectivity index is 1.68. The van der Waals surface area contributed by atoms with Gasteiger partial charge in [-0.2, -0.15) is 0 Å². The van der Waals surface area contributed by atoms with E-state index < -0.39 is 0 Å². The lowest BCUT2D eigenvalue weighted by atomic mass is 10.1. The fourth-order valence-electron chi connectivity index (χ4n) is 2.76. The van der Waals surface area contributed by atoms with Gasteiger partial charge in [-0.25, -0.2) is 0 Å². The number of nitrogens with zero attached hydrogens (tertiary/aromatic N) is 4. The number of ketones is 1. The predicted octanol–water partition coefficient (Wildman–Crippen LogP) is 5.72. The molecule has 0 radical (unpaired) electrons. The Kier molecular flexibility index (Phi) is 6.08. The number of Topliss-reactive ketones (excluding diaryl/α,β-unsaturated/α-hetero) is 1. The van der Waals surface area contributed by atoms with Crippen LogP contribution in [0.4, 0.5) is 0 Å². The molecular formula is C21H14BrClN4OS. The Hall–Kier alpha value is -2.48. The molecule has 5 nitrogen and oxygen atoms in total. The van der Waals surface area contributed by atoms with E-state index in [4.69, 9.17) is 11.6 Å². The molecule has 0 aliphatic carbocycles. The normalized spacial score (nSPS) is 10.8. The molecule has 2 heterocycles. The highest BCUT2D eigenvalue weighted by Gasteiger charge is 2.18. The largest absolute Gasteiger partial charge is 0.293 e. The van der Waals surface area contributed by atoms with Gasteiger partial charge in [0.25, 0.3) is 0 Å². The molecule has 0 atom stereocenters. The van der Waals surface area contributed by atoms with E-state index in [0.29, 0.717) is 21.6 Å². The van der Waals surface area contributed by atoms with E-state index in [-0.39, 0.29) is 11.5 Å². The second kappa shape index (κ2) is 8.90. The van der Waals surface area contributed by atoms with Crippen LogP contribution in [-0.2, 0) is 0 Å². The second-order valence-electron chi connectivity index (χ2n) is 6.05. The molecule has 2 aromatic heterocycles. The predicted molar refractivity (Wildman–Crippen MR) is 119 cm³/mol. The van der Waals surface area contributed by atoms with Crippen LogP contribution in [0.25, 0.3) is 17.1 Å². The lowest BCUT2D eigenvalue weighted by Crippen LogP contribution is -2.05. The van der Waals surface area contributed by atoms with Gasteiger partial charge in [-0.1, -0.05) is 57.5 Å². The van der Waals surface area contributed by atoms with Crippen LogP contribution in [0, 0.1) is 0 Å². The van der Waals surface area contributed by atoms with Crippen molar-refractivity contribution in [2.75, 3.05) is 5.75 Å². The van der Waals surface area contributed by atoms with Crippen molar-refractivity contribution in [2.45, 2.75) is 5.16 Å². The highest BCUT2D eigenvalue weighted by molar-refractivity contribution is 9.10. The fraction of sp³-hybridized carbons (Fsp3) is 0.0476. The zero-order valence-electron chi connectivity index (χ0n) is 15.0. The maximum absolute atomic E-state index is 12.7. The van der Waals surface area contributed by atoms with Crippen LogP contribution in [0.2, 0.25) is 5.02 Å². The smallest absolute Gasteiger partial charge is 0.196 e. The van der Waals surface area contributed by atoms with Gasteiger partial charge < -0.3 is 0 Å². The number of benzene rings is 2. The fourth-order valence-corrected chi connectivity index (χ4v) is 4.23. The Morgan fingerprint density at radius 1 is 1.03 bits per heavy atom. The first kappa shape index (κ1) is 19.8. The summed E-state index contributed by atoms with van der Waals surface area (Å²) in [6, 6.07) is 18.6. The first-order valence-corrected chi connectivity index (χ1v) is 10.8. The van der Waals surface area contributed by atoms with Gasteiger partial charge in [0, 0.05) is 38.7 Å². The van der Waals surface area contributed by atoms with Gasteiger partial charge in [0.1, 0.15) is 0 Å². The number of thioether (sulfide) groups is 1. The van der Waals surface area contributed by atoms with E-state index in [9.17, 15) is 4.79 Å². The van der Waals surface area contributed by atoms with Crippen molar-refractivity contribution >= 4 is 45.1 Å². The lowest BCUT2D eigenvalue weighted by Gasteiger charge is -2.10. The van der Waals surface area contributed by atoms with Crippen molar-refractivity contribution in [2.24, 2.45) is 0 Å². The van der Waals surface area contributed by atoms with Gasteiger partial charge in [0.15, 0.2) is 16.8 Å². The van der Waals surface area contributed by atoms with E-state index in [1.165, 1.54) is 11.8 Å². The number of hydrogen-bond donors (Lipinski definition) is 0. The number of carbonyl (C=O) groups is 1. The average Bonchev–Trinajstić information content (AvgIpc) is 3.17. The van der Waals surface area contributed by atoms with Crippen LogP contribution >= 0.6 is 39.3 Å². The molecular weight excluding hydrogens is 472 g/mol. The van der Waals surface area contributed by atoms with E-state index in [0.717, 1.165) is 15.7 Å². The first-order chi connectivity index (χ1) is 14.1. The molecule has 0 N–H and O–H groups in total. The Bertz CT molecular complexity index is 1150. The molecule has 4 aromatic rings. The van der Waals surface area contributed by atoms with E-state index >= 15 is 0 Å². The molecule has 0 aliphatic rings. The third-order valence-electron chi connectivity index (χ3n) is 4.14. The molecule has 0 amide bonds. The standard InChI is InChI=1S/C21H14BrClN4OS/c22-18-6-2-1-5-17(18)19(28)13-29-21-26-25-20(14-4-3-11-24-12-14)27(21)16-9-7-15(23)8-10-16/h1-12H,13H2. The number of hydrogen-bond acceptors (Lipinski definition) is 5. The van der Waals surface area contributed by atoms with E-state index in [2.05, 4.69) is 31.1 Å². The summed E-state index contributed by atoms with van der Waals surface area (Å²) < 4.78 is 2.69. The molecule has 0 unspecified atom stereocenters. The van der Waals surface area contributed by atoms with Gasteiger partial charge >= 0.3 is 0 Å². The van der Waals surface area contributed by atoms with E-state index in [1.807, 2.05) is 59.2 Å². The molecule has 2 aromatic carbocycles. The summed E-state index contributed by atoms with van der Waals surface area (Å²) in [6.07, 6.45) is 3.44. The van der Waals surface area contributed by atoms with Gasteiger partial charge in [-0.15, -0.1) is 10.2 Å². The summed E-state index contributed by atoms with van der Waals surface area (Å²) in [7, 11) is 0. The molecule has 0 bridgehead atoms. The van der Waals surface area contributed by atoms with Gasteiger partial charge in [0.2, 0.25) is 0 Å². The molecule has 0 saturated heterocycles. The van der Waals surface area contributed by atoms with Crippen molar-refractivity contribution in [3.63, 3.8) is 0 Å². The van der Waals surface area contributed by atoms with Gasteiger partial charge in [-0.3, -0.25) is 14.3 Å². The van der Waals surface area contributed by atoms with Crippen molar-refractivity contribution < 1.29 is 4.79 Å². The molecule has 144 valence electrons. The Morgan fingerprint density at radius 2 is 1.83 bits per heavy atom. The number of halogens is 2. The molecule has 29 heavy (non-hydrogen) atoms. The quantitative estimate of drug-likeness (QED) is 0.258. The molecule has 0 fully saturated rings. The molecule has 0 spiro atoms. The summed E-state index contributed by atoms with van der Waals surface area (Å²) in [6.45, 7) is 0. The van der Waals surface area contributed by atoms with Crippen LogP contribution in [0.15, 0.2) is 82.7 Å². The maximum atomic E-state index is 12.7. The van der Waals surface area contributed by atoms with Crippen molar-refractivity contribution in [3.8, 4) is 17.1 Å². The SMILES string of the molecule is O=C(CSc1nnc(-c2cccnc2)n1-c1ccc(Cl)cc1)c1ccccc1Br. The van der Waals surface area contributed by atoms with Gasteiger partial charge in [-0.05, 0) is 42.5 Å². The Labute approximate surface area is 185 Å². The van der Waals surface area contributed by atoms with Crippen LogP contribution in [-0.4, -0.2) is 31.3 Å². The van der Waals surface area contributed by atoms with Crippen molar-refractivity contribution in [3.05, 3.63) is 88.1 Å². The molecule has 0 saturated carbocycles. The van der Waals surface area contributed by atoms with Crippen molar-refractivity contribution in [1.82, 2.24) is 19.7 Å². The lowest BCUT2D eigenvalue weighted by molar-refractivity contribution is 0.102. The van der Waals surface area contributed by atoms with Gasteiger partial charge in [0.05, 0.1) is 5.75 Å². The highest BCUT2D eigenvalue weighted by atomic mass is 79.9. The topological polar surface area (TPSA) is 60.7 Å². The minimum absolute atomic E-state index is 0.0102. The van der Waals surface area contributed by atoms with Crippen molar-refractivity contribution in [1.29, 1.82) is 0 Å². The van der Waals surface area contributed by atoms with Crippen LogP contribution in [0.1, 0.15) is 10.4 Å². The second-order valence-corrected chi connectivity index (χ2v) is 8.28. The third kappa shape index (κ3) is 4.42. The summed E-state index contributed by atoms with van der Waals surface area (Å²) >= 11 is 10.8. The van der Waals surface area contributed by atoms with Crippen LogP contribution in [0.3, 0.4) is 0 Å². The summed E-state index contributed by atoms with van der Waals surface area (Å²) in [4.78, 5) is 16.8. The number of carbonyl (C=O) groups excluding carboxylic acids is 1. The van der Waals surface area contributed by atoms with E-state index in [1.54, 1.807) is 18.5 Å². The van der Waals surface area contributed by atoms with Crippen LogP contribution < -0.4 is 0 Å². The minimum Gasteiger partial charge on any atom is -0.293 e. The number of aromatic nitrogens is 4. The summed E-state index contributed by atoms with van der Waals surface area (Å²) in [5, 5.41) is 9.94. The monoisotopic (exact) mass is 484 g/mol. The zero-order chi connectivity index (χ0) is 20.2.